The maximum Gasteiger partial charge on any atom is 0.0546 e. The molecule has 9 rings (SSSR count). The third kappa shape index (κ3) is 4.81. The van der Waals surface area contributed by atoms with E-state index in [1.54, 1.807) is 0 Å². The van der Waals surface area contributed by atoms with Crippen molar-refractivity contribution in [3.63, 3.8) is 0 Å². The van der Waals surface area contributed by atoms with Crippen LogP contribution in [0.15, 0.2) is 188 Å². The lowest BCUT2D eigenvalue weighted by Crippen LogP contribution is -2.10. The van der Waals surface area contributed by atoms with E-state index in [0.29, 0.717) is 0 Å². The monoisotopic (exact) mass is 597 g/mol. The van der Waals surface area contributed by atoms with Crippen LogP contribution >= 0.6 is 0 Å². The minimum atomic E-state index is 1.12. The van der Waals surface area contributed by atoms with E-state index in [4.69, 9.17) is 0 Å². The maximum absolute atomic E-state index is 2.41. The zero-order chi connectivity index (χ0) is 31.2. The van der Waals surface area contributed by atoms with Crippen LogP contribution in [-0.2, 0) is 0 Å². The van der Waals surface area contributed by atoms with Gasteiger partial charge in [0.25, 0.3) is 0 Å². The number of hydrogen-bond acceptors (Lipinski definition) is 1. The van der Waals surface area contributed by atoms with Gasteiger partial charge in [0.05, 0.1) is 5.69 Å². The Labute approximate surface area is 274 Å². The summed E-state index contributed by atoms with van der Waals surface area (Å²) in [5.41, 5.74) is 8.28. The van der Waals surface area contributed by atoms with Gasteiger partial charge in [0, 0.05) is 16.8 Å². The highest BCUT2D eigenvalue weighted by Crippen LogP contribution is 2.43. The fourth-order valence-corrected chi connectivity index (χ4v) is 7.09. The van der Waals surface area contributed by atoms with E-state index in [1.807, 2.05) is 0 Å². The van der Waals surface area contributed by atoms with Gasteiger partial charge in [-0.25, -0.2) is 0 Å². The second-order valence-corrected chi connectivity index (χ2v) is 12.2. The molecule has 0 saturated heterocycles. The summed E-state index contributed by atoms with van der Waals surface area (Å²) in [6.07, 6.45) is 0. The van der Waals surface area contributed by atoms with E-state index in [9.17, 15) is 0 Å². The van der Waals surface area contributed by atoms with Gasteiger partial charge >= 0.3 is 0 Å². The Balaban J connectivity index is 1.20. The Kier molecular flexibility index (Phi) is 6.54. The van der Waals surface area contributed by atoms with Crippen LogP contribution in [0.5, 0.6) is 0 Å². The Hall–Kier alpha value is -6.18. The molecule has 0 aliphatic rings. The minimum absolute atomic E-state index is 1.12. The van der Waals surface area contributed by atoms with E-state index >= 15 is 0 Å². The van der Waals surface area contributed by atoms with Crippen LogP contribution in [0.25, 0.3) is 65.3 Å². The second kappa shape index (κ2) is 11.3. The maximum atomic E-state index is 2.41. The molecule has 47 heavy (non-hydrogen) atoms. The fourth-order valence-electron chi connectivity index (χ4n) is 7.09. The lowest BCUT2D eigenvalue weighted by Gasteiger charge is -2.28. The normalized spacial score (nSPS) is 11.4. The molecule has 9 aromatic carbocycles. The number of rotatable bonds is 5. The summed E-state index contributed by atoms with van der Waals surface area (Å²) in [6.45, 7) is 0. The van der Waals surface area contributed by atoms with Gasteiger partial charge < -0.3 is 4.90 Å². The standard InChI is InChI=1S/C46H31N/c1-2-12-36-30-37(21-20-32(36)10-1)33-22-26-39(27-23-33)47(46-31-38-13-4-6-16-43(38)44-17-7-8-18-45(44)46)40-28-24-35(25-29-40)42-19-9-14-34-11-3-5-15-41(34)42/h1-31H. The molecule has 0 aliphatic carbocycles. The third-order valence-electron chi connectivity index (χ3n) is 9.42. The van der Waals surface area contributed by atoms with Crippen LogP contribution in [0.2, 0.25) is 0 Å². The molecule has 0 aromatic heterocycles. The molecule has 0 aliphatic heterocycles. The summed E-state index contributed by atoms with van der Waals surface area (Å²) in [5, 5.41) is 10.0. The molecule has 1 nitrogen and oxygen atoms in total. The predicted molar refractivity (Wildman–Crippen MR) is 202 cm³/mol. The second-order valence-electron chi connectivity index (χ2n) is 12.2. The zero-order valence-electron chi connectivity index (χ0n) is 25.8. The molecule has 0 atom stereocenters. The average Bonchev–Trinajstić information content (AvgIpc) is 3.15. The number of fused-ring (bicyclic) bond motifs is 5. The van der Waals surface area contributed by atoms with Crippen LogP contribution in [0.1, 0.15) is 0 Å². The van der Waals surface area contributed by atoms with Gasteiger partial charge in [-0.15, -0.1) is 0 Å². The van der Waals surface area contributed by atoms with Crippen molar-refractivity contribution in [3.05, 3.63) is 188 Å². The summed E-state index contributed by atoms with van der Waals surface area (Å²) < 4.78 is 0. The highest BCUT2D eigenvalue weighted by Gasteiger charge is 2.18. The first-order valence-corrected chi connectivity index (χ1v) is 16.2. The lowest BCUT2D eigenvalue weighted by molar-refractivity contribution is 1.30. The number of anilines is 3. The van der Waals surface area contributed by atoms with Gasteiger partial charge in [0.2, 0.25) is 0 Å². The Morgan fingerprint density at radius 2 is 0.809 bits per heavy atom. The summed E-state index contributed by atoms with van der Waals surface area (Å²) in [6, 6.07) is 68.3. The van der Waals surface area contributed by atoms with Gasteiger partial charge in [-0.1, -0.05) is 152 Å². The van der Waals surface area contributed by atoms with Gasteiger partial charge in [0.15, 0.2) is 0 Å². The molecular weight excluding hydrogens is 567 g/mol. The molecule has 0 fully saturated rings. The van der Waals surface area contributed by atoms with Crippen LogP contribution in [-0.4, -0.2) is 0 Å². The Morgan fingerprint density at radius 1 is 0.277 bits per heavy atom. The average molecular weight is 598 g/mol. The van der Waals surface area contributed by atoms with Crippen molar-refractivity contribution in [1.29, 1.82) is 0 Å². The van der Waals surface area contributed by atoms with Gasteiger partial charge in [-0.3, -0.25) is 0 Å². The quantitative estimate of drug-likeness (QED) is 0.178. The van der Waals surface area contributed by atoms with E-state index in [-0.39, 0.29) is 0 Å². The van der Waals surface area contributed by atoms with Crippen molar-refractivity contribution in [2.24, 2.45) is 0 Å². The van der Waals surface area contributed by atoms with Crippen molar-refractivity contribution in [1.82, 2.24) is 0 Å². The molecule has 220 valence electrons. The summed E-state index contributed by atoms with van der Waals surface area (Å²) in [7, 11) is 0. The van der Waals surface area contributed by atoms with Crippen molar-refractivity contribution < 1.29 is 0 Å². The Morgan fingerprint density at radius 3 is 1.55 bits per heavy atom. The highest BCUT2D eigenvalue weighted by molar-refractivity contribution is 6.14. The first kappa shape index (κ1) is 27.2. The van der Waals surface area contributed by atoms with Crippen LogP contribution in [0, 0.1) is 0 Å². The molecule has 0 heterocycles. The van der Waals surface area contributed by atoms with Crippen LogP contribution in [0.3, 0.4) is 0 Å². The molecule has 0 saturated carbocycles. The third-order valence-corrected chi connectivity index (χ3v) is 9.42. The lowest BCUT2D eigenvalue weighted by atomic mass is 9.97. The van der Waals surface area contributed by atoms with Crippen molar-refractivity contribution in [3.8, 4) is 22.3 Å². The molecule has 0 spiro atoms. The fraction of sp³-hybridized carbons (Fsp3) is 0. The van der Waals surface area contributed by atoms with Gasteiger partial charge in [0.1, 0.15) is 0 Å². The SMILES string of the molecule is c1ccc2cc(-c3ccc(N(c4ccc(-c5cccc6ccccc56)cc4)c4cc5ccccc5c5ccccc45)cc3)ccc2c1. The largest absolute Gasteiger partial charge is 0.310 e. The van der Waals surface area contributed by atoms with Crippen LogP contribution < -0.4 is 4.90 Å². The van der Waals surface area contributed by atoms with Crippen molar-refractivity contribution in [2.45, 2.75) is 0 Å². The summed E-state index contributed by atoms with van der Waals surface area (Å²) in [5.74, 6) is 0. The smallest absolute Gasteiger partial charge is 0.0546 e. The van der Waals surface area contributed by atoms with E-state index in [0.717, 1.165) is 17.1 Å². The summed E-state index contributed by atoms with van der Waals surface area (Å²) >= 11 is 0. The first-order chi connectivity index (χ1) is 23.3. The number of benzene rings is 9. The number of nitrogens with zero attached hydrogens (tertiary/aromatic N) is 1. The molecule has 0 unspecified atom stereocenters. The van der Waals surface area contributed by atoms with E-state index in [1.165, 1.54) is 65.3 Å². The predicted octanol–water partition coefficient (Wildman–Crippen LogP) is 13.1. The zero-order valence-corrected chi connectivity index (χ0v) is 25.8. The minimum Gasteiger partial charge on any atom is -0.310 e. The van der Waals surface area contributed by atoms with Crippen molar-refractivity contribution >= 4 is 60.2 Å². The number of hydrogen-bond donors (Lipinski definition) is 0. The van der Waals surface area contributed by atoms with E-state index < -0.39 is 0 Å². The molecule has 0 amide bonds. The van der Waals surface area contributed by atoms with Crippen molar-refractivity contribution in [2.75, 3.05) is 4.90 Å². The van der Waals surface area contributed by atoms with Gasteiger partial charge in [-0.05, 0) is 96.4 Å². The molecule has 1 heteroatoms. The molecular formula is C46H31N. The van der Waals surface area contributed by atoms with Gasteiger partial charge in [-0.2, -0.15) is 0 Å². The molecule has 0 radical (unpaired) electrons. The first-order valence-electron chi connectivity index (χ1n) is 16.2. The Bertz CT molecular complexity index is 2560. The van der Waals surface area contributed by atoms with E-state index in [2.05, 4.69) is 193 Å². The molecule has 0 N–H and O–H groups in total. The topological polar surface area (TPSA) is 3.24 Å². The molecule has 0 bridgehead atoms. The highest BCUT2D eigenvalue weighted by atomic mass is 15.1. The summed E-state index contributed by atoms with van der Waals surface area (Å²) in [4.78, 5) is 2.41. The van der Waals surface area contributed by atoms with Crippen LogP contribution in [0.4, 0.5) is 17.1 Å². The molecule has 9 aromatic rings.